The molecule has 0 saturated heterocycles. The summed E-state index contributed by atoms with van der Waals surface area (Å²) in [5.41, 5.74) is 8.28. The summed E-state index contributed by atoms with van der Waals surface area (Å²) in [6.07, 6.45) is 5.73. The van der Waals surface area contributed by atoms with Gasteiger partial charge >= 0.3 is 0 Å². The molecule has 0 aromatic heterocycles. The Morgan fingerprint density at radius 1 is 1.27 bits per heavy atom. The minimum absolute atomic E-state index is 0.771. The van der Waals surface area contributed by atoms with Crippen molar-refractivity contribution in [2.24, 2.45) is 5.73 Å². The van der Waals surface area contributed by atoms with Gasteiger partial charge in [-0.1, -0.05) is 12.1 Å². The maximum atomic E-state index is 5.68. The molecular weight excluding hydrogens is 186 g/mol. The topological polar surface area (TPSA) is 35.2 Å². The molecule has 2 rings (SSSR count). The molecular formula is C13H19NO. The van der Waals surface area contributed by atoms with Gasteiger partial charge in [0.25, 0.3) is 0 Å². The first-order chi connectivity index (χ1) is 7.40. The maximum Gasteiger partial charge on any atom is 0.122 e. The average molecular weight is 205 g/mol. The predicted molar refractivity (Wildman–Crippen MR) is 62.3 cm³/mol. The van der Waals surface area contributed by atoms with Gasteiger partial charge in [-0.05, 0) is 55.8 Å². The summed E-state index contributed by atoms with van der Waals surface area (Å²) in [6.45, 7) is 1.64. The Morgan fingerprint density at radius 3 is 3.07 bits per heavy atom. The smallest absolute Gasteiger partial charge is 0.122 e. The number of ether oxygens (including phenoxy) is 1. The molecule has 15 heavy (non-hydrogen) atoms. The van der Waals surface area contributed by atoms with Crippen molar-refractivity contribution >= 4 is 0 Å². The lowest BCUT2D eigenvalue weighted by Crippen LogP contribution is -2.01. The van der Waals surface area contributed by atoms with E-state index < -0.39 is 0 Å². The molecule has 1 aromatic rings. The van der Waals surface area contributed by atoms with Gasteiger partial charge in [-0.15, -0.1) is 0 Å². The molecule has 2 N–H and O–H groups in total. The molecule has 2 nitrogen and oxygen atoms in total. The summed E-state index contributed by atoms with van der Waals surface area (Å²) in [5.74, 6) is 1.09. The Labute approximate surface area is 91.4 Å². The highest BCUT2D eigenvalue weighted by Crippen LogP contribution is 2.25. The second-order valence-corrected chi connectivity index (χ2v) is 4.14. The molecule has 0 spiro atoms. The maximum absolute atomic E-state index is 5.68. The Balaban J connectivity index is 2.13. The van der Waals surface area contributed by atoms with Crippen LogP contribution in [0.4, 0.5) is 0 Å². The van der Waals surface area contributed by atoms with E-state index in [0.29, 0.717) is 0 Å². The van der Waals surface area contributed by atoms with Crippen LogP contribution in [0.5, 0.6) is 5.75 Å². The molecule has 82 valence electrons. The third-order valence-corrected chi connectivity index (χ3v) is 2.89. The van der Waals surface area contributed by atoms with Gasteiger partial charge < -0.3 is 10.5 Å². The van der Waals surface area contributed by atoms with Crippen LogP contribution in [0.1, 0.15) is 30.4 Å². The van der Waals surface area contributed by atoms with Crippen LogP contribution >= 0.6 is 0 Å². The molecule has 1 heterocycles. The minimum Gasteiger partial charge on any atom is -0.493 e. The summed E-state index contributed by atoms with van der Waals surface area (Å²) in [5, 5.41) is 0. The fourth-order valence-electron chi connectivity index (χ4n) is 2.03. The van der Waals surface area contributed by atoms with E-state index in [-0.39, 0.29) is 0 Å². The van der Waals surface area contributed by atoms with Crippen LogP contribution in [0.3, 0.4) is 0 Å². The lowest BCUT2D eigenvalue weighted by molar-refractivity contribution is 0.317. The Kier molecular flexibility index (Phi) is 3.62. The van der Waals surface area contributed by atoms with E-state index in [0.717, 1.165) is 38.2 Å². The number of hydrogen-bond acceptors (Lipinski definition) is 2. The van der Waals surface area contributed by atoms with Crippen LogP contribution in [-0.2, 0) is 12.8 Å². The number of nitrogens with two attached hydrogens (primary N) is 1. The van der Waals surface area contributed by atoms with Crippen molar-refractivity contribution in [1.29, 1.82) is 0 Å². The normalized spacial score (nSPS) is 15.3. The first kappa shape index (κ1) is 10.5. The number of fused-ring (bicyclic) bond motifs is 1. The third kappa shape index (κ3) is 2.72. The number of hydrogen-bond donors (Lipinski definition) is 1. The van der Waals surface area contributed by atoms with Crippen LogP contribution in [-0.4, -0.2) is 13.2 Å². The van der Waals surface area contributed by atoms with Crippen molar-refractivity contribution in [3.05, 3.63) is 29.3 Å². The minimum atomic E-state index is 0.771. The zero-order valence-corrected chi connectivity index (χ0v) is 9.17. The molecule has 0 amide bonds. The fraction of sp³-hybridized carbons (Fsp3) is 0.538. The average Bonchev–Trinajstić information content (AvgIpc) is 2.50. The first-order valence-electron chi connectivity index (χ1n) is 5.85. The van der Waals surface area contributed by atoms with Gasteiger partial charge in [-0.3, -0.25) is 0 Å². The van der Waals surface area contributed by atoms with Gasteiger partial charge in [0, 0.05) is 0 Å². The van der Waals surface area contributed by atoms with Gasteiger partial charge in [-0.2, -0.15) is 0 Å². The zero-order chi connectivity index (χ0) is 10.5. The quantitative estimate of drug-likeness (QED) is 0.821. The van der Waals surface area contributed by atoms with Gasteiger partial charge in [-0.25, -0.2) is 0 Å². The summed E-state index contributed by atoms with van der Waals surface area (Å²) >= 11 is 0. The molecule has 0 bridgehead atoms. The lowest BCUT2D eigenvalue weighted by Gasteiger charge is -2.08. The molecule has 2 heteroatoms. The zero-order valence-electron chi connectivity index (χ0n) is 9.17. The van der Waals surface area contributed by atoms with Gasteiger partial charge in [0.05, 0.1) is 6.61 Å². The van der Waals surface area contributed by atoms with Crippen molar-refractivity contribution in [2.45, 2.75) is 32.1 Å². The summed E-state index contributed by atoms with van der Waals surface area (Å²) in [4.78, 5) is 0. The van der Waals surface area contributed by atoms with E-state index in [9.17, 15) is 0 Å². The summed E-state index contributed by atoms with van der Waals surface area (Å²) in [7, 11) is 0. The van der Waals surface area contributed by atoms with E-state index in [2.05, 4.69) is 18.2 Å². The van der Waals surface area contributed by atoms with Crippen LogP contribution in [0.25, 0.3) is 0 Å². The van der Waals surface area contributed by atoms with Crippen LogP contribution < -0.4 is 10.5 Å². The first-order valence-corrected chi connectivity index (χ1v) is 5.85. The lowest BCUT2D eigenvalue weighted by atomic mass is 10.0. The van der Waals surface area contributed by atoms with E-state index >= 15 is 0 Å². The highest BCUT2D eigenvalue weighted by molar-refractivity contribution is 5.38. The molecule has 0 radical (unpaired) electrons. The summed E-state index contributed by atoms with van der Waals surface area (Å²) in [6, 6.07) is 6.57. The molecule has 0 saturated carbocycles. The van der Waals surface area contributed by atoms with Crippen molar-refractivity contribution in [2.75, 3.05) is 13.2 Å². The van der Waals surface area contributed by atoms with Crippen molar-refractivity contribution in [1.82, 2.24) is 0 Å². The van der Waals surface area contributed by atoms with E-state index in [4.69, 9.17) is 10.5 Å². The molecule has 0 fully saturated rings. The van der Waals surface area contributed by atoms with Gasteiger partial charge in [0.15, 0.2) is 0 Å². The fourth-order valence-corrected chi connectivity index (χ4v) is 2.03. The number of benzene rings is 1. The molecule has 0 atom stereocenters. The molecule has 1 aromatic carbocycles. The standard InChI is InChI=1S/C13H19NO/c14-8-3-4-11-6-7-13-12(10-11)5-1-2-9-15-13/h6-7,10H,1-5,8-9,14H2. The van der Waals surface area contributed by atoms with Crippen molar-refractivity contribution < 1.29 is 4.74 Å². The van der Waals surface area contributed by atoms with Crippen LogP contribution in [0.2, 0.25) is 0 Å². The second kappa shape index (κ2) is 5.17. The second-order valence-electron chi connectivity index (χ2n) is 4.14. The SMILES string of the molecule is NCCCc1ccc2c(c1)CCCCO2. The van der Waals surface area contributed by atoms with Gasteiger partial charge in [0.2, 0.25) is 0 Å². The Bertz CT molecular complexity index is 322. The van der Waals surface area contributed by atoms with Crippen LogP contribution in [0, 0.1) is 0 Å². The predicted octanol–water partition coefficient (Wildman–Crippen LogP) is 2.29. The number of rotatable bonds is 3. The van der Waals surface area contributed by atoms with E-state index in [1.165, 1.54) is 24.0 Å². The highest BCUT2D eigenvalue weighted by atomic mass is 16.5. The van der Waals surface area contributed by atoms with Gasteiger partial charge in [0.1, 0.15) is 5.75 Å². The van der Waals surface area contributed by atoms with Crippen LogP contribution in [0.15, 0.2) is 18.2 Å². The van der Waals surface area contributed by atoms with Crippen molar-refractivity contribution in [3.63, 3.8) is 0 Å². The number of aryl methyl sites for hydroxylation is 2. The largest absolute Gasteiger partial charge is 0.493 e. The third-order valence-electron chi connectivity index (χ3n) is 2.89. The molecule has 1 aliphatic rings. The molecule has 0 unspecified atom stereocenters. The monoisotopic (exact) mass is 205 g/mol. The Hall–Kier alpha value is -1.02. The molecule has 0 aliphatic carbocycles. The highest BCUT2D eigenvalue weighted by Gasteiger charge is 2.08. The van der Waals surface area contributed by atoms with E-state index in [1.54, 1.807) is 0 Å². The summed E-state index contributed by atoms with van der Waals surface area (Å²) < 4.78 is 5.68. The molecule has 1 aliphatic heterocycles. The van der Waals surface area contributed by atoms with E-state index in [1.807, 2.05) is 0 Å². The van der Waals surface area contributed by atoms with Crippen molar-refractivity contribution in [3.8, 4) is 5.75 Å². The Morgan fingerprint density at radius 2 is 2.20 bits per heavy atom.